The highest BCUT2D eigenvalue weighted by Crippen LogP contribution is 2.13. The second kappa shape index (κ2) is 7.39. The predicted octanol–water partition coefficient (Wildman–Crippen LogP) is 1.94. The third-order valence-electron chi connectivity index (χ3n) is 3.24. The van der Waals surface area contributed by atoms with Gasteiger partial charge in [0, 0.05) is 22.9 Å². The van der Waals surface area contributed by atoms with E-state index >= 15 is 0 Å². The Morgan fingerprint density at radius 1 is 1.19 bits per heavy atom. The van der Waals surface area contributed by atoms with Crippen LogP contribution in [0.5, 0.6) is 0 Å². The van der Waals surface area contributed by atoms with Crippen LogP contribution in [0.4, 0.5) is 5.13 Å². The highest BCUT2D eigenvalue weighted by Gasteiger charge is 2.13. The van der Waals surface area contributed by atoms with Crippen LogP contribution in [0, 0.1) is 11.8 Å². The molecule has 1 unspecified atom stereocenters. The Morgan fingerprint density at radius 3 is 2.65 bits per heavy atom. The molecule has 0 aliphatic carbocycles. The van der Waals surface area contributed by atoms with E-state index < -0.39 is 15.6 Å². The van der Waals surface area contributed by atoms with Crippen molar-refractivity contribution in [2.45, 2.75) is 4.90 Å². The Balaban J connectivity index is 1.80. The van der Waals surface area contributed by atoms with Gasteiger partial charge in [0.15, 0.2) is 5.13 Å². The summed E-state index contributed by atoms with van der Waals surface area (Å²) in [7, 11) is -2.96. The summed E-state index contributed by atoms with van der Waals surface area (Å²) in [6.07, 6.45) is 4.49. The van der Waals surface area contributed by atoms with Gasteiger partial charge in [-0.2, -0.15) is 0 Å². The molecule has 0 radical (unpaired) electrons. The first-order chi connectivity index (χ1) is 12.4. The Labute approximate surface area is 155 Å². The summed E-state index contributed by atoms with van der Waals surface area (Å²) in [5.41, 5.74) is 6.34. The number of anilines is 1. The number of hydrogen-bond donors (Lipinski definition) is 2. The van der Waals surface area contributed by atoms with Gasteiger partial charge in [-0.15, -0.1) is 0 Å². The fourth-order valence-electron chi connectivity index (χ4n) is 2.02. The molecule has 2 aromatic heterocycles. The third-order valence-corrected chi connectivity index (χ3v) is 5.53. The van der Waals surface area contributed by atoms with E-state index in [1.54, 1.807) is 42.6 Å². The molecule has 130 valence electrons. The summed E-state index contributed by atoms with van der Waals surface area (Å²) in [5, 5.41) is 0.437. The quantitative estimate of drug-likeness (QED) is 0.533. The van der Waals surface area contributed by atoms with Crippen LogP contribution < -0.4 is 10.5 Å². The monoisotopic (exact) mass is 382 g/mol. The van der Waals surface area contributed by atoms with E-state index in [4.69, 9.17) is 5.73 Å². The molecule has 3 aromatic rings. The molecular weight excluding hydrogens is 368 g/mol. The van der Waals surface area contributed by atoms with Crippen molar-refractivity contribution in [2.75, 3.05) is 5.73 Å². The van der Waals surface area contributed by atoms with Gasteiger partial charge >= 0.3 is 0 Å². The number of carbonyl (C=O) groups is 1. The zero-order chi connectivity index (χ0) is 18.6. The number of nitrogens with one attached hydrogen (secondary N) is 1. The first-order valence-corrected chi connectivity index (χ1v) is 9.91. The number of amides is 1. The molecule has 3 rings (SSSR count). The van der Waals surface area contributed by atoms with Crippen molar-refractivity contribution in [2.24, 2.45) is 0 Å². The van der Waals surface area contributed by atoms with Gasteiger partial charge in [-0.25, -0.2) is 9.19 Å². The van der Waals surface area contributed by atoms with Gasteiger partial charge in [0.05, 0.1) is 26.3 Å². The summed E-state index contributed by atoms with van der Waals surface area (Å²) in [6, 6.07) is 10.1. The van der Waals surface area contributed by atoms with E-state index in [1.165, 1.54) is 23.7 Å². The summed E-state index contributed by atoms with van der Waals surface area (Å²) >= 11 is 1.27. The van der Waals surface area contributed by atoms with Gasteiger partial charge in [0.2, 0.25) is 0 Å². The van der Waals surface area contributed by atoms with Gasteiger partial charge in [-0.3, -0.25) is 14.5 Å². The standard InChI is InChI=1S/C18H14N4O2S2/c1-26(24,16-5-3-2-4-6-16)22-17(23)14-9-13(10-20-11-14)7-8-15-12-21-18(19)25-15/h2-6,9-12H,1H2,(H2,19,21)(H,22,23,24). The maximum Gasteiger partial charge on any atom is 0.264 e. The van der Waals surface area contributed by atoms with Crippen LogP contribution in [0.1, 0.15) is 20.8 Å². The van der Waals surface area contributed by atoms with Crippen LogP contribution in [0.2, 0.25) is 0 Å². The third kappa shape index (κ3) is 4.27. The van der Waals surface area contributed by atoms with Crippen LogP contribution in [0.3, 0.4) is 0 Å². The number of hydrogen-bond acceptors (Lipinski definition) is 6. The Morgan fingerprint density at radius 2 is 1.96 bits per heavy atom. The molecule has 6 nitrogen and oxygen atoms in total. The number of nitrogen functional groups attached to an aromatic ring is 1. The number of pyridine rings is 1. The maximum atomic E-state index is 12.7. The van der Waals surface area contributed by atoms with Crippen molar-refractivity contribution in [3.05, 3.63) is 71.0 Å². The lowest BCUT2D eigenvalue weighted by Crippen LogP contribution is -2.30. The lowest BCUT2D eigenvalue weighted by atomic mass is 10.2. The number of nitrogens with zero attached hydrogens (tertiary/aromatic N) is 2. The fraction of sp³-hybridized carbons (Fsp3) is 0. The Hall–Kier alpha value is -3.15. The van der Waals surface area contributed by atoms with Crippen molar-refractivity contribution in [1.29, 1.82) is 0 Å². The Bertz CT molecular complexity index is 1110. The van der Waals surface area contributed by atoms with Crippen LogP contribution in [0.25, 0.3) is 0 Å². The molecule has 26 heavy (non-hydrogen) atoms. The van der Waals surface area contributed by atoms with E-state index in [9.17, 15) is 9.00 Å². The normalized spacial score (nSPS) is 12.5. The number of carbonyl (C=O) groups excluding carboxylic acids is 1. The average molecular weight is 382 g/mol. The van der Waals surface area contributed by atoms with E-state index in [1.807, 2.05) is 0 Å². The second-order valence-electron chi connectivity index (χ2n) is 5.19. The van der Waals surface area contributed by atoms with E-state index in [2.05, 4.69) is 32.4 Å². The van der Waals surface area contributed by atoms with Gasteiger partial charge in [0.25, 0.3) is 5.91 Å². The van der Waals surface area contributed by atoms with Crippen molar-refractivity contribution in [3.8, 4) is 11.8 Å². The first kappa shape index (κ1) is 17.7. The van der Waals surface area contributed by atoms with E-state index in [-0.39, 0.29) is 5.56 Å². The van der Waals surface area contributed by atoms with Crippen molar-refractivity contribution in [1.82, 2.24) is 14.7 Å². The minimum absolute atomic E-state index is 0.243. The highest BCUT2D eigenvalue weighted by molar-refractivity contribution is 7.99. The molecule has 0 saturated carbocycles. The van der Waals surface area contributed by atoms with Gasteiger partial charge in [0.1, 0.15) is 0 Å². The lowest BCUT2D eigenvalue weighted by molar-refractivity contribution is 0.0982. The minimum Gasteiger partial charge on any atom is -0.375 e. The highest BCUT2D eigenvalue weighted by atomic mass is 32.2. The van der Waals surface area contributed by atoms with E-state index in [0.717, 1.165) is 0 Å². The first-order valence-electron chi connectivity index (χ1n) is 7.37. The van der Waals surface area contributed by atoms with Crippen LogP contribution in [-0.4, -0.2) is 26.0 Å². The summed E-state index contributed by atoms with van der Waals surface area (Å²) < 4.78 is 15.1. The molecule has 0 spiro atoms. The molecule has 1 amide bonds. The molecule has 1 aromatic carbocycles. The number of benzene rings is 1. The molecule has 0 fully saturated rings. The molecule has 1 atom stereocenters. The smallest absolute Gasteiger partial charge is 0.264 e. The zero-order valence-corrected chi connectivity index (χ0v) is 15.1. The second-order valence-corrected chi connectivity index (χ2v) is 8.28. The van der Waals surface area contributed by atoms with Crippen LogP contribution in [-0.2, 0) is 9.71 Å². The molecule has 0 saturated heterocycles. The van der Waals surface area contributed by atoms with Gasteiger partial charge in [-0.05, 0) is 30.0 Å². The summed E-state index contributed by atoms with van der Waals surface area (Å²) in [5.74, 6) is 8.91. The number of aromatic nitrogens is 2. The topological polar surface area (TPSA) is 98.0 Å². The molecule has 0 aliphatic rings. The molecule has 0 bridgehead atoms. The average Bonchev–Trinajstić information content (AvgIpc) is 3.06. The van der Waals surface area contributed by atoms with Crippen LogP contribution >= 0.6 is 11.3 Å². The zero-order valence-electron chi connectivity index (χ0n) is 13.5. The number of rotatable bonds is 3. The van der Waals surface area contributed by atoms with Crippen molar-refractivity contribution < 1.29 is 9.00 Å². The maximum absolute atomic E-state index is 12.7. The molecule has 3 N–H and O–H groups in total. The van der Waals surface area contributed by atoms with Gasteiger partial charge in [-0.1, -0.05) is 35.5 Å². The molecule has 0 aliphatic heterocycles. The summed E-state index contributed by atoms with van der Waals surface area (Å²) in [4.78, 5) is 21.5. The largest absolute Gasteiger partial charge is 0.375 e. The van der Waals surface area contributed by atoms with Crippen LogP contribution in [0.15, 0.2) is 59.9 Å². The fourth-order valence-corrected chi connectivity index (χ4v) is 3.69. The summed E-state index contributed by atoms with van der Waals surface area (Å²) in [6.45, 7) is 0. The Kier molecular flexibility index (Phi) is 5.02. The van der Waals surface area contributed by atoms with Crippen molar-refractivity contribution >= 4 is 38.0 Å². The SMILES string of the molecule is C=S(=O)(NC(=O)c1cncc(C#Cc2cnc(N)s2)c1)c1ccccc1. The predicted molar refractivity (Wildman–Crippen MR) is 104 cm³/mol. The molecule has 2 heterocycles. The number of thiazole rings is 1. The molecule has 8 heteroatoms. The molecular formula is C18H14N4O2S2. The van der Waals surface area contributed by atoms with Gasteiger partial charge < -0.3 is 5.73 Å². The van der Waals surface area contributed by atoms with E-state index in [0.29, 0.717) is 20.5 Å². The number of nitrogens with two attached hydrogens (primary N) is 1. The minimum atomic E-state index is -2.96. The lowest BCUT2D eigenvalue weighted by Gasteiger charge is -2.11. The van der Waals surface area contributed by atoms with Crippen molar-refractivity contribution in [3.63, 3.8) is 0 Å².